The lowest BCUT2D eigenvalue weighted by Crippen LogP contribution is -1.80. The molecule has 0 heterocycles. The van der Waals surface area contributed by atoms with E-state index in [2.05, 4.69) is 13.7 Å². The summed E-state index contributed by atoms with van der Waals surface area (Å²) in [5.74, 6) is 0. The fraction of sp³-hybridized carbons (Fsp3) is 1.00. The zero-order valence-corrected chi connectivity index (χ0v) is 10.2. The molecule has 0 rings (SSSR count). The highest BCUT2D eigenvalue weighted by Crippen LogP contribution is 2.01. The van der Waals surface area contributed by atoms with Gasteiger partial charge in [0, 0.05) is 0 Å². The lowest BCUT2D eigenvalue weighted by Gasteiger charge is -1.93. The summed E-state index contributed by atoms with van der Waals surface area (Å²) in [6, 6.07) is 0. The van der Waals surface area contributed by atoms with Crippen LogP contribution in [0.1, 0.15) is 60.3 Å². The molecule has 0 nitrogen and oxygen atoms in total. The molecule has 0 unspecified atom stereocenters. The van der Waals surface area contributed by atoms with Gasteiger partial charge < -0.3 is 0 Å². The van der Waals surface area contributed by atoms with Crippen molar-refractivity contribution in [1.29, 1.82) is 0 Å². The van der Waals surface area contributed by atoms with Gasteiger partial charge in [-0.05, 0) is 0 Å². The first kappa shape index (κ1) is 18.0. The molecule has 0 bridgehead atoms. The van der Waals surface area contributed by atoms with E-state index in [1.807, 2.05) is 27.7 Å². The molecular formula is C11H29B. The largest absolute Gasteiger partial charge is 0.117 e. The van der Waals surface area contributed by atoms with Gasteiger partial charge >= 0.3 is 0 Å². The smallest absolute Gasteiger partial charge is 0.0893 e. The Morgan fingerprint density at radius 1 is 0.833 bits per heavy atom. The summed E-state index contributed by atoms with van der Waals surface area (Å²) in [5.41, 5.74) is 0. The second kappa shape index (κ2) is 30.5. The van der Waals surface area contributed by atoms with Crippen molar-refractivity contribution in [3.05, 3.63) is 0 Å². The molecule has 0 aliphatic carbocycles. The predicted molar refractivity (Wildman–Crippen MR) is 64.7 cm³/mol. The van der Waals surface area contributed by atoms with Crippen LogP contribution >= 0.6 is 0 Å². The number of hydrogen-bond donors (Lipinski definition) is 0. The molecule has 12 heavy (non-hydrogen) atoms. The van der Waals surface area contributed by atoms with Gasteiger partial charge in [0.2, 0.25) is 0 Å². The van der Waals surface area contributed by atoms with E-state index in [0.29, 0.717) is 0 Å². The maximum absolute atomic E-state index is 2.26. The minimum absolute atomic E-state index is 1.36. The highest BCUT2D eigenvalue weighted by molar-refractivity contribution is 6.33. The molecule has 76 valence electrons. The van der Waals surface area contributed by atoms with Crippen molar-refractivity contribution in [2.75, 3.05) is 0 Å². The molecular weight excluding hydrogens is 143 g/mol. The van der Waals surface area contributed by atoms with Crippen molar-refractivity contribution in [2.45, 2.75) is 73.4 Å². The summed E-state index contributed by atoms with van der Waals surface area (Å²) >= 11 is 0. The molecule has 1 heteroatoms. The van der Waals surface area contributed by atoms with Gasteiger partial charge in [0.25, 0.3) is 0 Å². The van der Waals surface area contributed by atoms with Crippen LogP contribution in [0.25, 0.3) is 0 Å². The highest BCUT2D eigenvalue weighted by Gasteiger charge is 1.84. The average Bonchev–Trinajstić information content (AvgIpc) is 2.19. The van der Waals surface area contributed by atoms with Crippen LogP contribution in [0.5, 0.6) is 0 Å². The van der Waals surface area contributed by atoms with Crippen molar-refractivity contribution in [3.8, 4) is 0 Å². The van der Waals surface area contributed by atoms with E-state index in [1.165, 1.54) is 39.3 Å². The molecule has 0 amide bonds. The van der Waals surface area contributed by atoms with E-state index in [9.17, 15) is 0 Å². The molecule has 0 aliphatic rings. The Morgan fingerprint density at radius 3 is 1.67 bits per heavy atom. The molecule has 0 spiro atoms. The molecule has 0 aromatic rings. The van der Waals surface area contributed by atoms with Gasteiger partial charge in [-0.15, -0.1) is 0 Å². The molecule has 0 aromatic carbocycles. The van der Waals surface area contributed by atoms with Gasteiger partial charge in [0.15, 0.2) is 0 Å². The van der Waals surface area contributed by atoms with Gasteiger partial charge in [0.1, 0.15) is 7.28 Å². The lowest BCUT2D eigenvalue weighted by molar-refractivity contribution is 0.700. The fourth-order valence-electron chi connectivity index (χ4n) is 0.854. The SMILES string of the molecule is CBCCCCCC.CC.CC. The first-order chi connectivity index (χ1) is 5.91. The van der Waals surface area contributed by atoms with E-state index in [4.69, 9.17) is 0 Å². The van der Waals surface area contributed by atoms with E-state index in [1.54, 1.807) is 0 Å². The summed E-state index contributed by atoms with van der Waals surface area (Å²) < 4.78 is 0. The van der Waals surface area contributed by atoms with E-state index in [0.717, 1.165) is 0 Å². The molecule has 0 saturated heterocycles. The van der Waals surface area contributed by atoms with Crippen LogP contribution in [-0.2, 0) is 0 Å². The Morgan fingerprint density at radius 2 is 1.33 bits per heavy atom. The lowest BCUT2D eigenvalue weighted by atomic mass is 9.76. The van der Waals surface area contributed by atoms with Crippen LogP contribution < -0.4 is 0 Å². The third kappa shape index (κ3) is 32.2. The van der Waals surface area contributed by atoms with Gasteiger partial charge in [0.05, 0.1) is 0 Å². The molecule has 0 aliphatic heterocycles. The quantitative estimate of drug-likeness (QED) is 0.422. The first-order valence-electron chi connectivity index (χ1n) is 5.91. The molecule has 0 N–H and O–H groups in total. The van der Waals surface area contributed by atoms with Gasteiger partial charge in [-0.1, -0.05) is 73.4 Å². The first-order valence-corrected chi connectivity index (χ1v) is 5.91. The Kier molecular flexibility index (Phi) is 45.6. The van der Waals surface area contributed by atoms with Crippen LogP contribution in [0.4, 0.5) is 0 Å². The van der Waals surface area contributed by atoms with Crippen LogP contribution in [-0.4, -0.2) is 7.28 Å². The van der Waals surface area contributed by atoms with Crippen LogP contribution in [0, 0.1) is 0 Å². The van der Waals surface area contributed by atoms with Crippen molar-refractivity contribution in [2.24, 2.45) is 0 Å². The summed E-state index contributed by atoms with van der Waals surface area (Å²) in [6.45, 7) is 12.5. The average molecular weight is 172 g/mol. The Hall–Kier alpha value is 0.0649. The highest BCUT2D eigenvalue weighted by atomic mass is 13.8. The van der Waals surface area contributed by atoms with E-state index in [-0.39, 0.29) is 0 Å². The molecule has 0 radical (unpaired) electrons. The van der Waals surface area contributed by atoms with Crippen LogP contribution in [0.3, 0.4) is 0 Å². The Bertz CT molecular complexity index is 30.0. The summed E-state index contributed by atoms with van der Waals surface area (Å²) in [4.78, 5) is 0. The van der Waals surface area contributed by atoms with E-state index < -0.39 is 0 Å². The summed E-state index contributed by atoms with van der Waals surface area (Å²) in [6.07, 6.45) is 7.12. The Balaban J connectivity index is -0.000000175. The fourth-order valence-corrected chi connectivity index (χ4v) is 0.854. The summed E-state index contributed by atoms with van der Waals surface area (Å²) in [5, 5.41) is 0. The number of unbranched alkanes of at least 4 members (excludes halogenated alkanes) is 3. The predicted octanol–water partition coefficient (Wildman–Crippen LogP) is 4.52. The Labute approximate surface area is 81.4 Å². The summed E-state index contributed by atoms with van der Waals surface area (Å²) in [7, 11) is 1.36. The van der Waals surface area contributed by atoms with E-state index >= 15 is 0 Å². The standard InChI is InChI=1S/C7H17B.2C2H6/c1-3-4-5-6-7-8-2;2*1-2/h8H,3-7H2,1-2H3;2*1-2H3. The van der Waals surface area contributed by atoms with Crippen LogP contribution in [0.15, 0.2) is 0 Å². The third-order valence-electron chi connectivity index (χ3n) is 1.46. The van der Waals surface area contributed by atoms with Gasteiger partial charge in [-0.3, -0.25) is 0 Å². The maximum atomic E-state index is 2.26. The molecule has 0 aromatic heterocycles. The normalized spacial score (nSPS) is 7.17. The molecule has 0 atom stereocenters. The minimum atomic E-state index is 1.36. The number of hydrogen-bond acceptors (Lipinski definition) is 0. The van der Waals surface area contributed by atoms with Gasteiger partial charge in [-0.25, -0.2) is 0 Å². The zero-order chi connectivity index (χ0) is 10.2. The molecule has 0 fully saturated rings. The zero-order valence-electron chi connectivity index (χ0n) is 10.2. The second-order valence-electron chi connectivity index (χ2n) is 2.41. The third-order valence-corrected chi connectivity index (χ3v) is 1.46. The maximum Gasteiger partial charge on any atom is 0.117 e. The van der Waals surface area contributed by atoms with Crippen molar-refractivity contribution < 1.29 is 0 Å². The minimum Gasteiger partial charge on any atom is -0.0893 e. The monoisotopic (exact) mass is 172 g/mol. The van der Waals surface area contributed by atoms with Crippen LogP contribution in [0.2, 0.25) is 13.1 Å². The van der Waals surface area contributed by atoms with Crippen molar-refractivity contribution in [3.63, 3.8) is 0 Å². The second-order valence-corrected chi connectivity index (χ2v) is 2.41. The van der Waals surface area contributed by atoms with Crippen molar-refractivity contribution >= 4 is 7.28 Å². The number of rotatable bonds is 5. The molecule has 0 saturated carbocycles. The topological polar surface area (TPSA) is 0 Å². The van der Waals surface area contributed by atoms with Crippen molar-refractivity contribution in [1.82, 2.24) is 0 Å². The van der Waals surface area contributed by atoms with Gasteiger partial charge in [-0.2, -0.15) is 0 Å².